The molecule has 11 nitrogen and oxygen atoms in total. The van der Waals surface area contributed by atoms with Crippen molar-refractivity contribution < 1.29 is 34.5 Å². The zero-order valence-electron chi connectivity index (χ0n) is 20.1. The lowest BCUT2D eigenvalue weighted by molar-refractivity contribution is -0.142. The van der Waals surface area contributed by atoms with Gasteiger partial charge in [0.05, 0.1) is 12.6 Å². The molecule has 0 bridgehead atoms. The summed E-state index contributed by atoms with van der Waals surface area (Å²) in [7, 11) is 0. The van der Waals surface area contributed by atoms with E-state index in [-0.39, 0.29) is 30.3 Å². The van der Waals surface area contributed by atoms with Crippen LogP contribution in [0, 0.1) is 5.92 Å². The third kappa shape index (κ3) is 8.91. The lowest BCUT2D eigenvalue weighted by Gasteiger charge is -2.24. The minimum atomic E-state index is -1.25. The van der Waals surface area contributed by atoms with E-state index in [1.807, 2.05) is 0 Å². The number of carboxylic acid groups (broad SMARTS) is 1. The van der Waals surface area contributed by atoms with Crippen molar-refractivity contribution in [3.63, 3.8) is 0 Å². The monoisotopic (exact) mass is 500 g/mol. The molecule has 36 heavy (non-hydrogen) atoms. The van der Waals surface area contributed by atoms with Crippen molar-refractivity contribution >= 4 is 23.7 Å². The summed E-state index contributed by atoms with van der Waals surface area (Å²) in [6.07, 6.45) is 0.178. The fourth-order valence-corrected chi connectivity index (χ4v) is 3.37. The molecule has 3 atom stereocenters. The Hall–Kier alpha value is -4.12. The summed E-state index contributed by atoms with van der Waals surface area (Å²) in [5, 5.41) is 35.6. The van der Waals surface area contributed by atoms with Crippen molar-refractivity contribution in [1.82, 2.24) is 16.0 Å². The molecule has 0 aliphatic carbocycles. The number of carbonyl (C=O) groups excluding carboxylic acids is 3. The zero-order valence-corrected chi connectivity index (χ0v) is 20.1. The average Bonchev–Trinajstić information content (AvgIpc) is 2.82. The molecule has 11 heteroatoms. The molecule has 0 aromatic heterocycles. The molecule has 0 aliphatic heterocycles. The van der Waals surface area contributed by atoms with Crippen LogP contribution in [0.3, 0.4) is 0 Å². The quantitative estimate of drug-likeness (QED) is 0.212. The number of phenols is 2. The van der Waals surface area contributed by atoms with Gasteiger partial charge in [-0.05, 0) is 47.7 Å². The zero-order chi connectivity index (χ0) is 26.8. The molecule has 8 N–H and O–H groups in total. The van der Waals surface area contributed by atoms with E-state index in [9.17, 15) is 34.5 Å². The Morgan fingerprint density at radius 2 is 1.31 bits per heavy atom. The van der Waals surface area contributed by atoms with Gasteiger partial charge < -0.3 is 37.0 Å². The summed E-state index contributed by atoms with van der Waals surface area (Å²) in [6.45, 7) is 2.95. The van der Waals surface area contributed by atoms with E-state index < -0.39 is 48.4 Å². The maximum Gasteiger partial charge on any atom is 0.326 e. The highest BCUT2D eigenvalue weighted by atomic mass is 16.4. The molecular weight excluding hydrogens is 468 g/mol. The standard InChI is InChI=1S/C25H32N4O7/c1-14(2)22(24(34)28-20(25(35)36)12-16-5-9-18(31)10-6-16)29-21(32)13-27-23(33)19(26)11-15-3-7-17(30)8-4-15/h3-10,14,19-20,22,30-31H,11-13,26H2,1-2H3,(H,27,33)(H,28,34)(H,29,32)(H,35,36). The van der Waals surface area contributed by atoms with Crippen LogP contribution in [0.1, 0.15) is 25.0 Å². The Labute approximate surface area is 208 Å². The normalized spacial score (nSPS) is 13.3. The van der Waals surface area contributed by atoms with Crippen LogP contribution in [-0.4, -0.2) is 63.7 Å². The number of nitrogens with two attached hydrogens (primary N) is 1. The van der Waals surface area contributed by atoms with Gasteiger partial charge in [-0.15, -0.1) is 0 Å². The third-order valence-corrected chi connectivity index (χ3v) is 5.41. The number of amides is 3. The molecular formula is C25H32N4O7. The number of carbonyl (C=O) groups is 4. The summed E-state index contributed by atoms with van der Waals surface area (Å²) < 4.78 is 0. The van der Waals surface area contributed by atoms with E-state index in [2.05, 4.69) is 16.0 Å². The van der Waals surface area contributed by atoms with Crippen molar-refractivity contribution in [2.45, 2.75) is 44.8 Å². The van der Waals surface area contributed by atoms with Crippen LogP contribution in [-0.2, 0) is 32.0 Å². The fraction of sp³-hybridized carbons (Fsp3) is 0.360. The van der Waals surface area contributed by atoms with Gasteiger partial charge in [-0.2, -0.15) is 0 Å². The summed E-state index contributed by atoms with van der Waals surface area (Å²) >= 11 is 0. The third-order valence-electron chi connectivity index (χ3n) is 5.41. The first-order valence-corrected chi connectivity index (χ1v) is 11.4. The number of aromatic hydroxyl groups is 2. The van der Waals surface area contributed by atoms with Crippen LogP contribution >= 0.6 is 0 Å². The number of hydrogen-bond donors (Lipinski definition) is 7. The highest BCUT2D eigenvalue weighted by Gasteiger charge is 2.29. The van der Waals surface area contributed by atoms with Gasteiger partial charge in [0.1, 0.15) is 23.6 Å². The molecule has 0 saturated carbocycles. The van der Waals surface area contributed by atoms with Crippen molar-refractivity contribution in [2.24, 2.45) is 11.7 Å². The first kappa shape index (κ1) is 28.1. The highest BCUT2D eigenvalue weighted by Crippen LogP contribution is 2.13. The van der Waals surface area contributed by atoms with Crippen LogP contribution in [0.2, 0.25) is 0 Å². The Kier molecular flexibility index (Phi) is 10.2. The number of rotatable bonds is 12. The minimum Gasteiger partial charge on any atom is -0.508 e. The molecule has 3 unspecified atom stereocenters. The number of carboxylic acids is 1. The largest absolute Gasteiger partial charge is 0.508 e. The van der Waals surface area contributed by atoms with Gasteiger partial charge in [0.25, 0.3) is 0 Å². The number of hydrogen-bond acceptors (Lipinski definition) is 7. The molecule has 0 aliphatic rings. The Morgan fingerprint density at radius 1 is 0.806 bits per heavy atom. The lowest BCUT2D eigenvalue weighted by atomic mass is 10.0. The van der Waals surface area contributed by atoms with E-state index in [1.54, 1.807) is 38.1 Å². The Balaban J connectivity index is 1.90. The van der Waals surface area contributed by atoms with E-state index in [4.69, 9.17) is 5.73 Å². The SMILES string of the molecule is CC(C)C(NC(=O)CNC(=O)C(N)Cc1ccc(O)cc1)C(=O)NC(Cc1ccc(O)cc1)C(=O)O. The van der Waals surface area contributed by atoms with E-state index in [1.165, 1.54) is 24.3 Å². The lowest BCUT2D eigenvalue weighted by Crippen LogP contribution is -2.56. The summed E-state index contributed by atoms with van der Waals surface area (Å²) in [5.74, 6) is -3.38. The summed E-state index contributed by atoms with van der Waals surface area (Å²) in [4.78, 5) is 49.2. The van der Waals surface area contributed by atoms with Gasteiger partial charge in [0.15, 0.2) is 0 Å². The second kappa shape index (κ2) is 13.1. The first-order chi connectivity index (χ1) is 17.0. The highest BCUT2D eigenvalue weighted by molar-refractivity contribution is 5.92. The summed E-state index contributed by atoms with van der Waals surface area (Å²) in [6, 6.07) is 8.93. The summed E-state index contributed by atoms with van der Waals surface area (Å²) in [5.41, 5.74) is 7.21. The molecule has 0 fully saturated rings. The predicted octanol–water partition coefficient (Wildman–Crippen LogP) is 0.0367. The number of aliphatic carboxylic acids is 1. The van der Waals surface area contributed by atoms with Gasteiger partial charge in [0.2, 0.25) is 17.7 Å². The second-order valence-electron chi connectivity index (χ2n) is 8.75. The molecule has 2 rings (SSSR count). The maximum atomic E-state index is 12.8. The van der Waals surface area contributed by atoms with E-state index >= 15 is 0 Å². The molecule has 2 aromatic rings. The van der Waals surface area contributed by atoms with Crippen LogP contribution in [0.15, 0.2) is 48.5 Å². The van der Waals surface area contributed by atoms with Crippen molar-refractivity contribution in [3.8, 4) is 11.5 Å². The molecule has 0 heterocycles. The molecule has 0 spiro atoms. The molecule has 0 saturated heterocycles. The van der Waals surface area contributed by atoms with Gasteiger partial charge in [-0.1, -0.05) is 38.1 Å². The molecule has 2 aromatic carbocycles. The number of phenolic OH excluding ortho intramolecular Hbond substituents is 2. The van der Waals surface area contributed by atoms with Gasteiger partial charge in [0, 0.05) is 6.42 Å². The van der Waals surface area contributed by atoms with Crippen LogP contribution in [0.25, 0.3) is 0 Å². The van der Waals surface area contributed by atoms with Gasteiger partial charge in [-0.3, -0.25) is 14.4 Å². The van der Waals surface area contributed by atoms with Crippen molar-refractivity contribution in [1.29, 1.82) is 0 Å². The van der Waals surface area contributed by atoms with E-state index in [0.29, 0.717) is 5.56 Å². The first-order valence-electron chi connectivity index (χ1n) is 11.4. The average molecular weight is 501 g/mol. The molecule has 194 valence electrons. The molecule has 0 radical (unpaired) electrons. The molecule has 3 amide bonds. The van der Waals surface area contributed by atoms with Crippen molar-refractivity contribution in [3.05, 3.63) is 59.7 Å². The Bertz CT molecular complexity index is 1060. The van der Waals surface area contributed by atoms with Gasteiger partial charge >= 0.3 is 5.97 Å². The van der Waals surface area contributed by atoms with Gasteiger partial charge in [-0.25, -0.2) is 4.79 Å². The minimum absolute atomic E-state index is 0.0188. The Morgan fingerprint density at radius 3 is 1.78 bits per heavy atom. The van der Waals surface area contributed by atoms with E-state index in [0.717, 1.165) is 5.56 Å². The number of nitrogens with one attached hydrogen (secondary N) is 3. The predicted molar refractivity (Wildman–Crippen MR) is 131 cm³/mol. The van der Waals surface area contributed by atoms with Crippen LogP contribution in [0.5, 0.6) is 11.5 Å². The topological polar surface area (TPSA) is 191 Å². The smallest absolute Gasteiger partial charge is 0.326 e. The second-order valence-corrected chi connectivity index (χ2v) is 8.75. The van der Waals surface area contributed by atoms with Crippen molar-refractivity contribution in [2.75, 3.05) is 6.54 Å². The maximum absolute atomic E-state index is 12.8. The van der Waals surface area contributed by atoms with Crippen LogP contribution in [0.4, 0.5) is 0 Å². The van der Waals surface area contributed by atoms with Crippen LogP contribution < -0.4 is 21.7 Å². The number of benzene rings is 2. The fourth-order valence-electron chi connectivity index (χ4n) is 3.37.